The van der Waals surface area contributed by atoms with Crippen LogP contribution in [0.1, 0.15) is 43.8 Å². The molecule has 1 aromatic rings. The van der Waals surface area contributed by atoms with Gasteiger partial charge in [-0.1, -0.05) is 23.7 Å². The lowest BCUT2D eigenvalue weighted by Gasteiger charge is -2.37. The van der Waals surface area contributed by atoms with E-state index in [1.165, 1.54) is 12.8 Å². The molecule has 2 heterocycles. The van der Waals surface area contributed by atoms with E-state index in [0.717, 1.165) is 31.4 Å². The molecule has 2 saturated heterocycles. The molecule has 2 aliphatic heterocycles. The number of benzene rings is 1. The summed E-state index contributed by atoms with van der Waals surface area (Å²) in [5, 5.41) is 20.8. The third kappa shape index (κ3) is 3.01. The van der Waals surface area contributed by atoms with Crippen molar-refractivity contribution >= 4 is 11.6 Å². The van der Waals surface area contributed by atoms with E-state index in [0.29, 0.717) is 17.1 Å². The summed E-state index contributed by atoms with van der Waals surface area (Å²) >= 11 is 5.86. The zero-order chi connectivity index (χ0) is 14.1. The van der Waals surface area contributed by atoms with E-state index < -0.39 is 6.10 Å². The number of aliphatic hydroxyl groups is 2. The molecule has 3 nitrogen and oxygen atoms in total. The Morgan fingerprint density at radius 2 is 1.75 bits per heavy atom. The number of halogens is 1. The fourth-order valence-electron chi connectivity index (χ4n) is 3.73. The Labute approximate surface area is 125 Å². The van der Waals surface area contributed by atoms with Crippen LogP contribution in [0.15, 0.2) is 24.3 Å². The summed E-state index contributed by atoms with van der Waals surface area (Å²) in [6.07, 6.45) is 4.37. The summed E-state index contributed by atoms with van der Waals surface area (Å²) in [5.74, 6) is 0. The van der Waals surface area contributed by atoms with E-state index in [-0.39, 0.29) is 6.10 Å². The number of hydrogen-bond donors (Lipinski definition) is 2. The predicted octanol–water partition coefficient (Wildman–Crippen LogP) is 2.75. The summed E-state index contributed by atoms with van der Waals surface area (Å²) in [4.78, 5) is 2.49. The van der Waals surface area contributed by atoms with Gasteiger partial charge in [0.25, 0.3) is 0 Å². The zero-order valence-corrected chi connectivity index (χ0v) is 12.3. The average molecular weight is 296 g/mol. The van der Waals surface area contributed by atoms with Gasteiger partial charge < -0.3 is 10.2 Å². The van der Waals surface area contributed by atoms with Crippen LogP contribution in [0, 0.1) is 0 Å². The average Bonchev–Trinajstić information content (AvgIpc) is 2.67. The van der Waals surface area contributed by atoms with Gasteiger partial charge in [-0.15, -0.1) is 0 Å². The number of rotatable bonds is 4. The van der Waals surface area contributed by atoms with Crippen molar-refractivity contribution < 1.29 is 10.2 Å². The Bertz CT molecular complexity index is 436. The molecular formula is C16H22ClNO2. The predicted molar refractivity (Wildman–Crippen MR) is 79.8 cm³/mol. The van der Waals surface area contributed by atoms with Gasteiger partial charge in [-0.25, -0.2) is 0 Å². The van der Waals surface area contributed by atoms with E-state index in [4.69, 9.17) is 11.6 Å². The number of nitrogens with zero attached hydrogens (tertiary/aromatic N) is 1. The van der Waals surface area contributed by atoms with Crippen LogP contribution in [-0.2, 0) is 0 Å². The molecule has 4 heteroatoms. The number of fused-ring (bicyclic) bond motifs is 2. The highest BCUT2D eigenvalue weighted by Crippen LogP contribution is 2.36. The SMILES string of the molecule is OC1CC2CCC(C1)N2CCC(O)c1ccc(Cl)cc1. The minimum Gasteiger partial charge on any atom is -0.393 e. The Hall–Kier alpha value is -0.610. The largest absolute Gasteiger partial charge is 0.393 e. The first-order chi connectivity index (χ1) is 9.63. The van der Waals surface area contributed by atoms with Gasteiger partial charge in [0.15, 0.2) is 0 Å². The van der Waals surface area contributed by atoms with Gasteiger partial charge in [-0.2, -0.15) is 0 Å². The van der Waals surface area contributed by atoms with Gasteiger partial charge in [-0.3, -0.25) is 4.90 Å². The van der Waals surface area contributed by atoms with Crippen LogP contribution in [0.2, 0.25) is 5.02 Å². The molecular weight excluding hydrogens is 274 g/mol. The summed E-state index contributed by atoms with van der Waals surface area (Å²) in [7, 11) is 0. The lowest BCUT2D eigenvalue weighted by atomic mass is 9.98. The highest BCUT2D eigenvalue weighted by Gasteiger charge is 2.39. The molecule has 3 atom stereocenters. The number of piperidine rings is 1. The van der Waals surface area contributed by atoms with Gasteiger partial charge in [0.1, 0.15) is 0 Å². The third-order valence-corrected chi connectivity index (χ3v) is 5.03. The molecule has 0 aromatic heterocycles. The van der Waals surface area contributed by atoms with Gasteiger partial charge in [-0.05, 0) is 49.8 Å². The van der Waals surface area contributed by atoms with Crippen LogP contribution in [0.4, 0.5) is 0 Å². The standard InChI is InChI=1S/C16H22ClNO2/c17-12-3-1-11(2-4-12)16(20)7-8-18-13-5-6-14(18)10-15(19)9-13/h1-4,13-16,19-20H,5-10H2. The second-order valence-electron chi connectivity index (χ2n) is 6.10. The maximum Gasteiger partial charge on any atom is 0.0802 e. The second kappa shape index (κ2) is 6.02. The molecule has 0 aliphatic carbocycles. The molecule has 1 aromatic carbocycles. The topological polar surface area (TPSA) is 43.7 Å². The quantitative estimate of drug-likeness (QED) is 0.898. The molecule has 110 valence electrons. The third-order valence-electron chi connectivity index (χ3n) is 4.77. The van der Waals surface area contributed by atoms with Gasteiger partial charge in [0.2, 0.25) is 0 Å². The molecule has 2 N–H and O–H groups in total. The summed E-state index contributed by atoms with van der Waals surface area (Å²) in [6, 6.07) is 8.45. The van der Waals surface area contributed by atoms with E-state index in [1.54, 1.807) is 0 Å². The number of aliphatic hydroxyl groups excluding tert-OH is 2. The van der Waals surface area contributed by atoms with E-state index in [9.17, 15) is 10.2 Å². The normalized spacial score (nSPS) is 31.4. The Kier molecular flexibility index (Phi) is 4.32. The Morgan fingerprint density at radius 3 is 2.35 bits per heavy atom. The van der Waals surface area contributed by atoms with Crippen molar-refractivity contribution in [2.45, 2.75) is 56.4 Å². The lowest BCUT2D eigenvalue weighted by Crippen LogP contribution is -2.45. The molecule has 0 spiro atoms. The summed E-state index contributed by atoms with van der Waals surface area (Å²) in [5.41, 5.74) is 0.929. The van der Waals surface area contributed by atoms with Gasteiger partial charge >= 0.3 is 0 Å². The van der Waals surface area contributed by atoms with Crippen molar-refractivity contribution in [3.8, 4) is 0 Å². The first-order valence-electron chi connectivity index (χ1n) is 7.51. The van der Waals surface area contributed by atoms with E-state index in [2.05, 4.69) is 4.90 Å². The molecule has 20 heavy (non-hydrogen) atoms. The van der Waals surface area contributed by atoms with Crippen molar-refractivity contribution in [3.05, 3.63) is 34.9 Å². The molecule has 3 rings (SSSR count). The first kappa shape index (κ1) is 14.3. The van der Waals surface area contributed by atoms with Gasteiger partial charge in [0.05, 0.1) is 12.2 Å². The number of hydrogen-bond acceptors (Lipinski definition) is 3. The molecule has 2 bridgehead atoms. The van der Waals surface area contributed by atoms with Crippen LogP contribution in [0.5, 0.6) is 0 Å². The van der Waals surface area contributed by atoms with E-state index >= 15 is 0 Å². The van der Waals surface area contributed by atoms with E-state index in [1.807, 2.05) is 24.3 Å². The monoisotopic (exact) mass is 295 g/mol. The smallest absolute Gasteiger partial charge is 0.0802 e. The van der Waals surface area contributed by atoms with Crippen LogP contribution in [0.25, 0.3) is 0 Å². The fraction of sp³-hybridized carbons (Fsp3) is 0.625. The molecule has 2 aliphatic rings. The lowest BCUT2D eigenvalue weighted by molar-refractivity contribution is 0.0266. The molecule has 3 unspecified atom stereocenters. The molecule has 0 saturated carbocycles. The van der Waals surface area contributed by atoms with Crippen LogP contribution in [-0.4, -0.2) is 39.8 Å². The fourth-order valence-corrected chi connectivity index (χ4v) is 3.86. The van der Waals surface area contributed by atoms with Crippen molar-refractivity contribution in [1.82, 2.24) is 4.90 Å². The van der Waals surface area contributed by atoms with Crippen molar-refractivity contribution in [2.24, 2.45) is 0 Å². The molecule has 0 radical (unpaired) electrons. The van der Waals surface area contributed by atoms with Crippen molar-refractivity contribution in [1.29, 1.82) is 0 Å². The molecule has 2 fully saturated rings. The minimum absolute atomic E-state index is 0.120. The second-order valence-corrected chi connectivity index (χ2v) is 6.54. The summed E-state index contributed by atoms with van der Waals surface area (Å²) in [6.45, 7) is 0.909. The highest BCUT2D eigenvalue weighted by atomic mass is 35.5. The maximum atomic E-state index is 10.3. The Balaban J connectivity index is 1.56. The highest BCUT2D eigenvalue weighted by molar-refractivity contribution is 6.30. The first-order valence-corrected chi connectivity index (χ1v) is 7.88. The minimum atomic E-state index is -0.432. The summed E-state index contributed by atoms with van der Waals surface area (Å²) < 4.78 is 0. The van der Waals surface area contributed by atoms with Crippen LogP contribution >= 0.6 is 11.6 Å². The zero-order valence-electron chi connectivity index (χ0n) is 11.6. The van der Waals surface area contributed by atoms with Crippen molar-refractivity contribution in [3.63, 3.8) is 0 Å². The van der Waals surface area contributed by atoms with Gasteiger partial charge in [0, 0.05) is 23.7 Å². The van der Waals surface area contributed by atoms with Crippen LogP contribution in [0.3, 0.4) is 0 Å². The van der Waals surface area contributed by atoms with Crippen LogP contribution < -0.4 is 0 Å². The maximum absolute atomic E-state index is 10.3. The van der Waals surface area contributed by atoms with Crippen molar-refractivity contribution in [2.75, 3.05) is 6.54 Å². The Morgan fingerprint density at radius 1 is 1.15 bits per heavy atom. The molecule has 0 amide bonds.